The molecule has 1 aromatic carbocycles. The molecule has 2 aromatic heterocycles. The van der Waals surface area contributed by atoms with Gasteiger partial charge in [-0.15, -0.1) is 0 Å². The van der Waals surface area contributed by atoms with Crippen molar-refractivity contribution in [2.45, 2.75) is 57.4 Å². The molecule has 0 saturated carbocycles. The Morgan fingerprint density at radius 3 is 2.61 bits per heavy atom. The van der Waals surface area contributed by atoms with Crippen LogP contribution in [0.15, 0.2) is 42.6 Å². The lowest BCUT2D eigenvalue weighted by Gasteiger charge is -2.20. The molecule has 1 N–H and O–H groups in total. The molecule has 2 heterocycles. The normalized spacial score (nSPS) is 14.3. The Morgan fingerprint density at radius 1 is 1.06 bits per heavy atom. The van der Waals surface area contributed by atoms with E-state index in [1.165, 1.54) is 24.1 Å². The van der Waals surface area contributed by atoms with Gasteiger partial charge in [0.15, 0.2) is 0 Å². The number of aliphatic carboxylic acids is 1. The van der Waals surface area contributed by atoms with Gasteiger partial charge >= 0.3 is 5.97 Å². The molecule has 0 spiro atoms. The summed E-state index contributed by atoms with van der Waals surface area (Å²) in [6.07, 6.45) is 8.89. The van der Waals surface area contributed by atoms with E-state index in [-0.39, 0.29) is 6.42 Å². The molecule has 0 saturated heterocycles. The number of aryl methyl sites for hydroxylation is 4. The van der Waals surface area contributed by atoms with Crippen LogP contribution in [-0.2, 0) is 30.5 Å². The lowest BCUT2D eigenvalue weighted by atomic mass is 9.95. The standard InChI is InChI=1S/C24H25Cl2N3O2/c25-18-12-17(13-19(26)14-18)23(15-24(30)31)29-21(10-11-27-29)6-3-5-20-9-8-16-4-1-2-7-22(16)28-20/h8-14,23H,1-7,15H2,(H,30,31). The Morgan fingerprint density at radius 2 is 1.84 bits per heavy atom. The highest BCUT2D eigenvalue weighted by molar-refractivity contribution is 6.34. The number of pyridine rings is 1. The molecule has 4 rings (SSSR count). The van der Waals surface area contributed by atoms with Gasteiger partial charge in [0, 0.05) is 33.3 Å². The predicted molar refractivity (Wildman–Crippen MR) is 122 cm³/mol. The van der Waals surface area contributed by atoms with Crippen molar-refractivity contribution >= 4 is 29.2 Å². The van der Waals surface area contributed by atoms with Crippen LogP contribution in [-0.4, -0.2) is 25.8 Å². The van der Waals surface area contributed by atoms with Gasteiger partial charge in [0.1, 0.15) is 0 Å². The summed E-state index contributed by atoms with van der Waals surface area (Å²) < 4.78 is 1.79. The van der Waals surface area contributed by atoms with Crippen LogP contribution in [0.3, 0.4) is 0 Å². The first kappa shape index (κ1) is 21.8. The molecule has 0 fully saturated rings. The van der Waals surface area contributed by atoms with Crippen molar-refractivity contribution in [3.8, 4) is 0 Å². The molecule has 5 nitrogen and oxygen atoms in total. The second-order valence-electron chi connectivity index (χ2n) is 8.05. The summed E-state index contributed by atoms with van der Waals surface area (Å²) in [6, 6.07) is 11.0. The molecule has 0 radical (unpaired) electrons. The molecule has 0 amide bonds. The molecule has 0 bridgehead atoms. The summed E-state index contributed by atoms with van der Waals surface area (Å²) >= 11 is 12.3. The lowest BCUT2D eigenvalue weighted by Crippen LogP contribution is -2.19. The van der Waals surface area contributed by atoms with Gasteiger partial charge in [-0.1, -0.05) is 29.3 Å². The van der Waals surface area contributed by atoms with Gasteiger partial charge in [-0.25, -0.2) is 0 Å². The van der Waals surface area contributed by atoms with E-state index in [9.17, 15) is 9.90 Å². The molecule has 3 aromatic rings. The van der Waals surface area contributed by atoms with Crippen LogP contribution < -0.4 is 0 Å². The van der Waals surface area contributed by atoms with Gasteiger partial charge in [-0.05, 0) is 86.4 Å². The first-order valence-electron chi connectivity index (χ1n) is 10.7. The maximum absolute atomic E-state index is 11.6. The zero-order valence-corrected chi connectivity index (χ0v) is 18.7. The minimum Gasteiger partial charge on any atom is -0.481 e. The number of halogens is 2. The highest BCUT2D eigenvalue weighted by Gasteiger charge is 2.22. The summed E-state index contributed by atoms with van der Waals surface area (Å²) in [5.74, 6) is -0.902. The van der Waals surface area contributed by atoms with Crippen LogP contribution in [0.2, 0.25) is 10.0 Å². The number of carboxylic acids is 1. The van der Waals surface area contributed by atoms with Gasteiger partial charge in [-0.3, -0.25) is 14.5 Å². The maximum Gasteiger partial charge on any atom is 0.305 e. The molecule has 1 unspecified atom stereocenters. The third kappa shape index (κ3) is 5.46. The second kappa shape index (κ2) is 9.84. The third-order valence-electron chi connectivity index (χ3n) is 5.79. The highest BCUT2D eigenvalue weighted by Crippen LogP contribution is 2.29. The van der Waals surface area contributed by atoms with E-state index in [0.717, 1.165) is 49.1 Å². The van der Waals surface area contributed by atoms with E-state index >= 15 is 0 Å². The number of benzene rings is 1. The largest absolute Gasteiger partial charge is 0.481 e. The molecule has 0 aliphatic heterocycles. The molecule has 31 heavy (non-hydrogen) atoms. The molecule has 1 aliphatic rings. The summed E-state index contributed by atoms with van der Waals surface area (Å²) in [4.78, 5) is 16.4. The molecule has 162 valence electrons. The fourth-order valence-electron chi connectivity index (χ4n) is 4.32. The smallest absolute Gasteiger partial charge is 0.305 e. The summed E-state index contributed by atoms with van der Waals surface area (Å²) in [7, 11) is 0. The quantitative estimate of drug-likeness (QED) is 0.470. The maximum atomic E-state index is 11.6. The molecular weight excluding hydrogens is 433 g/mol. The zero-order chi connectivity index (χ0) is 21.8. The van der Waals surface area contributed by atoms with Crippen molar-refractivity contribution in [2.24, 2.45) is 0 Å². The van der Waals surface area contributed by atoms with Crippen LogP contribution in [0.5, 0.6) is 0 Å². The highest BCUT2D eigenvalue weighted by atomic mass is 35.5. The summed E-state index contributed by atoms with van der Waals surface area (Å²) in [5.41, 5.74) is 5.50. The van der Waals surface area contributed by atoms with E-state index in [1.807, 2.05) is 6.07 Å². The molecular formula is C24H25Cl2N3O2. The van der Waals surface area contributed by atoms with E-state index in [4.69, 9.17) is 28.2 Å². The topological polar surface area (TPSA) is 68.0 Å². The van der Waals surface area contributed by atoms with Gasteiger partial charge in [0.25, 0.3) is 0 Å². The zero-order valence-electron chi connectivity index (χ0n) is 17.2. The van der Waals surface area contributed by atoms with Crippen molar-refractivity contribution in [3.63, 3.8) is 0 Å². The number of rotatable bonds is 8. The minimum absolute atomic E-state index is 0.0995. The third-order valence-corrected chi connectivity index (χ3v) is 6.22. The van der Waals surface area contributed by atoms with Crippen LogP contribution in [0.4, 0.5) is 0 Å². The number of hydrogen-bond acceptors (Lipinski definition) is 3. The Kier molecular flexibility index (Phi) is 6.93. The minimum atomic E-state index is -0.902. The van der Waals surface area contributed by atoms with E-state index in [2.05, 4.69) is 17.2 Å². The number of nitrogens with zero attached hydrogens (tertiary/aromatic N) is 3. The number of carbonyl (C=O) groups is 1. The second-order valence-corrected chi connectivity index (χ2v) is 8.93. The fourth-order valence-corrected chi connectivity index (χ4v) is 4.86. The SMILES string of the molecule is O=C(O)CC(c1cc(Cl)cc(Cl)c1)n1nccc1CCCc1ccc2c(n1)CCCC2. The van der Waals surface area contributed by atoms with Crippen molar-refractivity contribution < 1.29 is 9.90 Å². The molecule has 7 heteroatoms. The van der Waals surface area contributed by atoms with E-state index in [1.54, 1.807) is 29.1 Å². The number of aromatic nitrogens is 3. The first-order chi connectivity index (χ1) is 15.0. The van der Waals surface area contributed by atoms with Crippen molar-refractivity contribution in [1.29, 1.82) is 0 Å². The van der Waals surface area contributed by atoms with E-state index < -0.39 is 12.0 Å². The van der Waals surface area contributed by atoms with Crippen LogP contribution in [0.25, 0.3) is 0 Å². The van der Waals surface area contributed by atoms with Crippen LogP contribution >= 0.6 is 23.2 Å². The number of fused-ring (bicyclic) bond motifs is 1. The molecule has 1 atom stereocenters. The average Bonchev–Trinajstić information content (AvgIpc) is 3.19. The van der Waals surface area contributed by atoms with Gasteiger partial charge in [-0.2, -0.15) is 5.10 Å². The lowest BCUT2D eigenvalue weighted by molar-refractivity contribution is -0.137. The van der Waals surface area contributed by atoms with E-state index in [0.29, 0.717) is 10.0 Å². The van der Waals surface area contributed by atoms with Gasteiger partial charge in [0.2, 0.25) is 0 Å². The van der Waals surface area contributed by atoms with Gasteiger partial charge in [0.05, 0.1) is 12.5 Å². The van der Waals surface area contributed by atoms with Gasteiger partial charge < -0.3 is 5.11 Å². The first-order valence-corrected chi connectivity index (χ1v) is 11.4. The summed E-state index contributed by atoms with van der Waals surface area (Å²) in [5, 5.41) is 14.9. The number of carboxylic acid groups (broad SMARTS) is 1. The Bertz CT molecular complexity index is 1060. The molecule has 1 aliphatic carbocycles. The summed E-state index contributed by atoms with van der Waals surface area (Å²) in [6.45, 7) is 0. The average molecular weight is 458 g/mol. The van der Waals surface area contributed by atoms with Crippen molar-refractivity contribution in [2.75, 3.05) is 0 Å². The Hall–Kier alpha value is -2.37. The Balaban J connectivity index is 1.49. The number of hydrogen-bond donors (Lipinski definition) is 1. The van der Waals surface area contributed by atoms with Crippen LogP contribution in [0.1, 0.15) is 59.9 Å². The van der Waals surface area contributed by atoms with Crippen molar-refractivity contribution in [3.05, 3.63) is 80.8 Å². The fraction of sp³-hybridized carbons (Fsp3) is 0.375. The Labute approximate surface area is 192 Å². The predicted octanol–water partition coefficient (Wildman–Crippen LogP) is 5.70. The van der Waals surface area contributed by atoms with Crippen molar-refractivity contribution in [1.82, 2.24) is 14.8 Å². The van der Waals surface area contributed by atoms with Crippen LogP contribution in [0, 0.1) is 0 Å². The monoisotopic (exact) mass is 457 g/mol.